The predicted octanol–water partition coefficient (Wildman–Crippen LogP) is -4.43. The van der Waals surface area contributed by atoms with E-state index in [1.165, 1.54) is 17.3 Å². The maximum atomic E-state index is 12.0. The summed E-state index contributed by atoms with van der Waals surface area (Å²) in [6, 6.07) is 8.00. The minimum absolute atomic E-state index is 0. The van der Waals surface area contributed by atoms with Gasteiger partial charge in [0.05, 0.1) is 11.5 Å². The van der Waals surface area contributed by atoms with Gasteiger partial charge < -0.3 is 20.0 Å². The molecule has 1 fully saturated rings. The number of carboxylic acid groups (broad SMARTS) is 1. The summed E-state index contributed by atoms with van der Waals surface area (Å²) in [5.41, 5.74) is 1.35. The van der Waals surface area contributed by atoms with E-state index in [1.807, 2.05) is 6.07 Å². The van der Waals surface area contributed by atoms with Crippen molar-refractivity contribution in [3.63, 3.8) is 0 Å². The van der Waals surface area contributed by atoms with Crippen molar-refractivity contribution in [1.29, 1.82) is 0 Å². The summed E-state index contributed by atoms with van der Waals surface area (Å²) in [4.78, 5) is 39.6. The number of hydrogen-bond acceptors (Lipinski definition) is 7. The Hall–Kier alpha value is -1.55. The molecule has 0 bridgehead atoms. The van der Waals surface area contributed by atoms with Crippen LogP contribution in [0.4, 0.5) is 0 Å². The second-order valence-corrected chi connectivity index (χ2v) is 5.83. The number of rotatable bonds is 5. The molecule has 0 aliphatic carbocycles. The van der Waals surface area contributed by atoms with Gasteiger partial charge in [-0.1, -0.05) is 30.0 Å². The van der Waals surface area contributed by atoms with E-state index in [9.17, 15) is 19.5 Å². The Kier molecular flexibility index (Phi) is 6.27. The molecule has 1 aromatic carbocycles. The van der Waals surface area contributed by atoms with Gasteiger partial charge >= 0.3 is 29.6 Å². The molecule has 24 heavy (non-hydrogen) atoms. The second-order valence-electron chi connectivity index (χ2n) is 4.87. The maximum absolute atomic E-state index is 12.0. The SMILES string of the molecule is O=C(COc1ccccc1)NC1C(=O)N2C(C(=O)[O-])N=CSC12.[Na+]. The van der Waals surface area contributed by atoms with Crippen LogP contribution in [0.5, 0.6) is 5.75 Å². The van der Waals surface area contributed by atoms with Gasteiger partial charge in [0, 0.05) is 0 Å². The monoisotopic (exact) mass is 357 g/mol. The van der Waals surface area contributed by atoms with E-state index in [4.69, 9.17) is 4.74 Å². The van der Waals surface area contributed by atoms with E-state index in [-0.39, 0.29) is 36.2 Å². The van der Waals surface area contributed by atoms with Crippen LogP contribution in [0, 0.1) is 0 Å². The van der Waals surface area contributed by atoms with Crippen LogP contribution in [0.2, 0.25) is 0 Å². The largest absolute Gasteiger partial charge is 1.00 e. The third-order valence-electron chi connectivity index (χ3n) is 3.39. The number of aliphatic carboxylic acids is 1. The average Bonchev–Trinajstić information content (AvgIpc) is 2.57. The van der Waals surface area contributed by atoms with Crippen LogP contribution >= 0.6 is 11.8 Å². The zero-order valence-electron chi connectivity index (χ0n) is 12.7. The first kappa shape index (κ1) is 18.8. The van der Waals surface area contributed by atoms with Crippen LogP contribution in [0.1, 0.15) is 0 Å². The van der Waals surface area contributed by atoms with Gasteiger partial charge in [0.2, 0.25) is 0 Å². The molecule has 0 spiro atoms. The number of amides is 2. The van der Waals surface area contributed by atoms with Crippen molar-refractivity contribution in [3.8, 4) is 5.75 Å². The fourth-order valence-corrected chi connectivity index (χ4v) is 3.31. The normalized spacial score (nSPS) is 24.2. The van der Waals surface area contributed by atoms with Gasteiger partial charge in [0.15, 0.2) is 12.8 Å². The number of nitrogens with one attached hydrogen (secondary N) is 1. The van der Waals surface area contributed by atoms with Crippen molar-refractivity contribution >= 4 is 35.1 Å². The number of aliphatic imine (C=N–C) groups is 1. The molecule has 2 heterocycles. The van der Waals surface area contributed by atoms with Crippen molar-refractivity contribution in [2.45, 2.75) is 17.6 Å². The number of β-lactam (4-membered cyclic amide) rings is 1. The first-order valence-corrected chi connectivity index (χ1v) is 7.69. The van der Waals surface area contributed by atoms with Gasteiger partial charge in [-0.25, -0.2) is 0 Å². The molecule has 3 unspecified atom stereocenters. The van der Waals surface area contributed by atoms with E-state index in [2.05, 4.69) is 10.3 Å². The number of para-hydroxylation sites is 1. The van der Waals surface area contributed by atoms with Crippen molar-refractivity contribution in [2.75, 3.05) is 6.61 Å². The number of fused-ring (bicyclic) bond motifs is 1. The molecule has 2 aliphatic heterocycles. The molecule has 2 aliphatic rings. The summed E-state index contributed by atoms with van der Waals surface area (Å²) >= 11 is 1.17. The Balaban J connectivity index is 0.00000208. The molecule has 0 saturated carbocycles. The van der Waals surface area contributed by atoms with Crippen LogP contribution in [-0.2, 0) is 14.4 Å². The average molecular weight is 357 g/mol. The minimum atomic E-state index is -1.45. The summed E-state index contributed by atoms with van der Waals surface area (Å²) < 4.78 is 5.29. The van der Waals surface area contributed by atoms with E-state index in [0.717, 1.165) is 4.90 Å². The summed E-state index contributed by atoms with van der Waals surface area (Å²) in [5.74, 6) is -1.86. The van der Waals surface area contributed by atoms with E-state index in [1.54, 1.807) is 24.3 Å². The Morgan fingerprint density at radius 1 is 1.33 bits per heavy atom. The Bertz CT molecular complexity index is 672. The fraction of sp³-hybridized carbons (Fsp3) is 0.286. The molecule has 3 rings (SSSR count). The van der Waals surface area contributed by atoms with Gasteiger partial charge in [0.25, 0.3) is 11.8 Å². The molecular formula is C14H12N3NaO5S. The molecule has 120 valence electrons. The molecule has 3 atom stereocenters. The summed E-state index contributed by atoms with van der Waals surface area (Å²) in [7, 11) is 0. The van der Waals surface area contributed by atoms with Gasteiger partial charge in [-0.05, 0) is 12.1 Å². The van der Waals surface area contributed by atoms with Crippen LogP contribution in [0.3, 0.4) is 0 Å². The molecule has 0 aromatic heterocycles. The Morgan fingerprint density at radius 2 is 2.04 bits per heavy atom. The number of ether oxygens (including phenoxy) is 1. The van der Waals surface area contributed by atoms with Gasteiger partial charge in [-0.2, -0.15) is 0 Å². The molecule has 1 N–H and O–H groups in total. The second kappa shape index (κ2) is 8.02. The molecule has 1 saturated heterocycles. The molecule has 1 aromatic rings. The Morgan fingerprint density at radius 3 is 2.71 bits per heavy atom. The third-order valence-corrected chi connectivity index (χ3v) is 4.41. The molecular weight excluding hydrogens is 345 g/mol. The van der Waals surface area contributed by atoms with Crippen LogP contribution < -0.4 is 44.7 Å². The predicted molar refractivity (Wildman–Crippen MR) is 79.4 cm³/mol. The summed E-state index contributed by atoms with van der Waals surface area (Å²) in [6.07, 6.45) is -1.33. The zero-order valence-corrected chi connectivity index (χ0v) is 15.6. The molecule has 10 heteroatoms. The number of nitrogens with zero attached hydrogens (tertiary/aromatic N) is 2. The topological polar surface area (TPSA) is 111 Å². The quantitative estimate of drug-likeness (QED) is 0.421. The minimum Gasteiger partial charge on any atom is -0.546 e. The maximum Gasteiger partial charge on any atom is 1.00 e. The first-order chi connectivity index (χ1) is 11.1. The van der Waals surface area contributed by atoms with Crippen molar-refractivity contribution in [1.82, 2.24) is 10.2 Å². The third kappa shape index (κ3) is 3.75. The van der Waals surface area contributed by atoms with Crippen LogP contribution in [0.15, 0.2) is 35.3 Å². The van der Waals surface area contributed by atoms with Crippen LogP contribution in [0.25, 0.3) is 0 Å². The van der Waals surface area contributed by atoms with Crippen molar-refractivity contribution < 1.29 is 53.8 Å². The number of benzene rings is 1. The van der Waals surface area contributed by atoms with Gasteiger partial charge in [-0.3, -0.25) is 19.5 Å². The van der Waals surface area contributed by atoms with E-state index < -0.39 is 35.4 Å². The molecule has 8 nitrogen and oxygen atoms in total. The Labute approximate surface area is 163 Å². The van der Waals surface area contributed by atoms with E-state index in [0.29, 0.717) is 5.75 Å². The number of carboxylic acids is 1. The molecule has 2 amide bonds. The standard InChI is InChI=1S/C14H13N3O5S.Na/c18-9(6-22-8-4-2-1-3-5-8)16-10-12(19)17-11(14(20)21)15-7-23-13(10)17;/h1-5,7,10-11,13H,6H2,(H,16,18)(H,20,21);/q;+1/p-1. The number of hydrogen-bond donors (Lipinski definition) is 1. The number of thioether (sulfide) groups is 1. The van der Waals surface area contributed by atoms with Gasteiger partial charge in [0.1, 0.15) is 17.2 Å². The van der Waals surface area contributed by atoms with Crippen molar-refractivity contribution in [2.24, 2.45) is 4.99 Å². The van der Waals surface area contributed by atoms with Gasteiger partial charge in [-0.15, -0.1) is 0 Å². The van der Waals surface area contributed by atoms with E-state index >= 15 is 0 Å². The van der Waals surface area contributed by atoms with Crippen LogP contribution in [-0.4, -0.2) is 52.4 Å². The van der Waals surface area contributed by atoms with Crippen molar-refractivity contribution in [3.05, 3.63) is 30.3 Å². The smallest absolute Gasteiger partial charge is 0.546 e. The zero-order chi connectivity index (χ0) is 16.4. The fourth-order valence-electron chi connectivity index (χ4n) is 2.31. The summed E-state index contributed by atoms with van der Waals surface area (Å²) in [6.45, 7) is -0.233. The summed E-state index contributed by atoms with van der Waals surface area (Å²) in [5, 5.41) is 13.0. The first-order valence-electron chi connectivity index (χ1n) is 6.75. The number of carbonyl (C=O) groups is 3. The number of carbonyl (C=O) groups excluding carboxylic acids is 3. The molecule has 0 radical (unpaired) electrons.